The molecule has 2 aliphatic heterocycles. The summed E-state index contributed by atoms with van der Waals surface area (Å²) in [6.07, 6.45) is 14.0. The fourth-order valence-electron chi connectivity index (χ4n) is 4.74. The molecule has 3 rings (SSSR count). The summed E-state index contributed by atoms with van der Waals surface area (Å²) in [4.78, 5) is 15.2. The second-order valence-electron chi connectivity index (χ2n) is 7.69. The Bertz CT molecular complexity index is 336. The monoisotopic (exact) mass is 292 g/mol. The van der Waals surface area contributed by atoms with Crippen molar-refractivity contribution >= 4 is 5.91 Å². The molecule has 0 radical (unpaired) electrons. The lowest BCUT2D eigenvalue weighted by molar-refractivity contribution is -0.140. The molecule has 3 nitrogen and oxygen atoms in total. The van der Waals surface area contributed by atoms with Gasteiger partial charge in [0.25, 0.3) is 0 Å². The molecule has 0 bridgehead atoms. The van der Waals surface area contributed by atoms with E-state index in [0.29, 0.717) is 17.2 Å². The highest BCUT2D eigenvalue weighted by Crippen LogP contribution is 2.37. The van der Waals surface area contributed by atoms with Crippen molar-refractivity contribution in [2.24, 2.45) is 11.3 Å². The van der Waals surface area contributed by atoms with Crippen LogP contribution in [0.4, 0.5) is 0 Å². The van der Waals surface area contributed by atoms with Gasteiger partial charge in [-0.25, -0.2) is 0 Å². The zero-order chi connectivity index (χ0) is 14.5. The second kappa shape index (κ2) is 7.13. The first kappa shape index (κ1) is 15.3. The van der Waals surface area contributed by atoms with Crippen molar-refractivity contribution in [2.75, 3.05) is 26.2 Å². The Kier molecular flexibility index (Phi) is 5.20. The molecule has 0 aromatic heterocycles. The van der Waals surface area contributed by atoms with Crippen molar-refractivity contribution in [2.45, 2.75) is 70.6 Å². The van der Waals surface area contributed by atoms with E-state index in [2.05, 4.69) is 10.2 Å². The van der Waals surface area contributed by atoms with Crippen molar-refractivity contribution in [3.8, 4) is 0 Å². The van der Waals surface area contributed by atoms with Crippen molar-refractivity contribution in [1.82, 2.24) is 10.2 Å². The maximum atomic E-state index is 12.9. The molecular weight excluding hydrogens is 260 g/mol. The Labute approximate surface area is 129 Å². The molecule has 1 amide bonds. The van der Waals surface area contributed by atoms with E-state index in [0.717, 1.165) is 32.5 Å². The third-order valence-corrected chi connectivity index (χ3v) is 5.99. The summed E-state index contributed by atoms with van der Waals surface area (Å²) in [6, 6.07) is 0. The molecule has 1 atom stereocenters. The van der Waals surface area contributed by atoms with Gasteiger partial charge in [0.05, 0.1) is 0 Å². The number of nitrogens with zero attached hydrogens (tertiary/aromatic N) is 1. The van der Waals surface area contributed by atoms with E-state index >= 15 is 0 Å². The summed E-state index contributed by atoms with van der Waals surface area (Å²) in [6.45, 7) is 4.33. The topological polar surface area (TPSA) is 32.3 Å². The van der Waals surface area contributed by atoms with Gasteiger partial charge in [0.2, 0.25) is 5.91 Å². The molecule has 1 unspecified atom stereocenters. The molecule has 3 heteroatoms. The molecule has 21 heavy (non-hydrogen) atoms. The van der Waals surface area contributed by atoms with Crippen LogP contribution in [0.1, 0.15) is 70.6 Å². The molecule has 1 N–H and O–H groups in total. The third kappa shape index (κ3) is 3.80. The van der Waals surface area contributed by atoms with Crippen LogP contribution in [0.15, 0.2) is 0 Å². The maximum Gasteiger partial charge on any atom is 0.225 e. The summed E-state index contributed by atoms with van der Waals surface area (Å²) in [5, 5.41) is 3.56. The fourth-order valence-corrected chi connectivity index (χ4v) is 4.74. The van der Waals surface area contributed by atoms with Crippen LogP contribution >= 0.6 is 0 Å². The van der Waals surface area contributed by atoms with Gasteiger partial charge in [-0.3, -0.25) is 4.79 Å². The van der Waals surface area contributed by atoms with Gasteiger partial charge in [0, 0.05) is 31.0 Å². The summed E-state index contributed by atoms with van der Waals surface area (Å²) < 4.78 is 0. The average Bonchev–Trinajstić information content (AvgIpc) is 2.47. The minimum absolute atomic E-state index is 0.331. The van der Waals surface area contributed by atoms with Crippen LogP contribution in [0, 0.1) is 11.3 Å². The number of hydrogen-bond acceptors (Lipinski definition) is 2. The minimum atomic E-state index is 0.331. The number of carbonyl (C=O) groups excluding carboxylic acids is 1. The molecule has 0 aromatic carbocycles. The Hall–Kier alpha value is -0.570. The molecule has 0 aromatic rings. The molecule has 2 saturated heterocycles. The van der Waals surface area contributed by atoms with Crippen LogP contribution in [-0.4, -0.2) is 37.0 Å². The quantitative estimate of drug-likeness (QED) is 0.804. The molecule has 120 valence electrons. The zero-order valence-corrected chi connectivity index (χ0v) is 13.5. The standard InChI is InChI=1S/C18H32N2O/c21-17(16-8-4-2-1-3-5-9-16)20-13-7-11-18(15-20)10-6-12-19-14-18/h16,19H,1-15H2. The number of likely N-dealkylation sites (tertiary alicyclic amines) is 1. The molecule has 2 heterocycles. The van der Waals surface area contributed by atoms with Crippen LogP contribution in [0.5, 0.6) is 0 Å². The Morgan fingerprint density at radius 1 is 0.952 bits per heavy atom. The fraction of sp³-hybridized carbons (Fsp3) is 0.944. The highest BCUT2D eigenvalue weighted by atomic mass is 16.2. The minimum Gasteiger partial charge on any atom is -0.342 e. The second-order valence-corrected chi connectivity index (χ2v) is 7.69. The molecular formula is C18H32N2O. The van der Waals surface area contributed by atoms with E-state index in [-0.39, 0.29) is 0 Å². The SMILES string of the molecule is O=C(C1CCCCCCC1)N1CCCC2(CCCNC2)C1. The van der Waals surface area contributed by atoms with E-state index in [4.69, 9.17) is 0 Å². The molecule has 3 fully saturated rings. The van der Waals surface area contributed by atoms with Crippen LogP contribution in [-0.2, 0) is 4.79 Å². The van der Waals surface area contributed by atoms with Crippen LogP contribution in [0.2, 0.25) is 0 Å². The van der Waals surface area contributed by atoms with Crippen molar-refractivity contribution in [1.29, 1.82) is 0 Å². The first-order valence-electron chi connectivity index (χ1n) is 9.29. The summed E-state index contributed by atoms with van der Waals surface area (Å²) in [7, 11) is 0. The Morgan fingerprint density at radius 3 is 2.38 bits per heavy atom. The largest absolute Gasteiger partial charge is 0.342 e. The summed E-state index contributed by atoms with van der Waals surface area (Å²) >= 11 is 0. The van der Waals surface area contributed by atoms with Gasteiger partial charge < -0.3 is 10.2 Å². The van der Waals surface area contributed by atoms with Crippen molar-refractivity contribution in [3.63, 3.8) is 0 Å². The highest BCUT2D eigenvalue weighted by molar-refractivity contribution is 5.79. The van der Waals surface area contributed by atoms with Gasteiger partial charge in [0.1, 0.15) is 0 Å². The summed E-state index contributed by atoms with van der Waals surface area (Å²) in [5.41, 5.74) is 0.397. The number of rotatable bonds is 1. The average molecular weight is 292 g/mol. The number of piperidine rings is 2. The molecule has 1 spiro atoms. The lowest BCUT2D eigenvalue weighted by atomic mass is 9.74. The number of nitrogens with one attached hydrogen (secondary N) is 1. The zero-order valence-electron chi connectivity index (χ0n) is 13.5. The molecule has 1 saturated carbocycles. The number of amides is 1. The van der Waals surface area contributed by atoms with Gasteiger partial charge in [-0.05, 0) is 45.1 Å². The first-order chi connectivity index (χ1) is 10.3. The van der Waals surface area contributed by atoms with E-state index in [1.807, 2.05) is 0 Å². The smallest absolute Gasteiger partial charge is 0.225 e. The van der Waals surface area contributed by atoms with Gasteiger partial charge in [-0.2, -0.15) is 0 Å². The predicted octanol–water partition coefficient (Wildman–Crippen LogP) is 3.34. The Morgan fingerprint density at radius 2 is 1.67 bits per heavy atom. The number of carbonyl (C=O) groups is 1. The van der Waals surface area contributed by atoms with Crippen LogP contribution in [0.25, 0.3) is 0 Å². The normalized spacial score (nSPS) is 32.7. The predicted molar refractivity (Wildman–Crippen MR) is 86.2 cm³/mol. The lowest BCUT2D eigenvalue weighted by Gasteiger charge is -2.46. The highest BCUT2D eigenvalue weighted by Gasteiger charge is 2.39. The van der Waals surface area contributed by atoms with Crippen molar-refractivity contribution < 1.29 is 4.79 Å². The molecule has 1 aliphatic carbocycles. The van der Waals surface area contributed by atoms with Gasteiger partial charge >= 0.3 is 0 Å². The van der Waals surface area contributed by atoms with E-state index in [1.165, 1.54) is 64.3 Å². The molecule has 3 aliphatic rings. The first-order valence-corrected chi connectivity index (χ1v) is 9.29. The van der Waals surface area contributed by atoms with Crippen LogP contribution < -0.4 is 5.32 Å². The number of hydrogen-bond donors (Lipinski definition) is 1. The van der Waals surface area contributed by atoms with Gasteiger partial charge in [0.15, 0.2) is 0 Å². The van der Waals surface area contributed by atoms with Crippen molar-refractivity contribution in [3.05, 3.63) is 0 Å². The van der Waals surface area contributed by atoms with Gasteiger partial charge in [-0.15, -0.1) is 0 Å². The van der Waals surface area contributed by atoms with E-state index in [1.54, 1.807) is 0 Å². The maximum absolute atomic E-state index is 12.9. The summed E-state index contributed by atoms with van der Waals surface area (Å²) in [5.74, 6) is 0.818. The van der Waals surface area contributed by atoms with Crippen LogP contribution in [0.3, 0.4) is 0 Å². The third-order valence-electron chi connectivity index (χ3n) is 5.99. The lowest BCUT2D eigenvalue weighted by Crippen LogP contribution is -2.53. The Balaban J connectivity index is 1.60. The van der Waals surface area contributed by atoms with E-state index < -0.39 is 0 Å². The van der Waals surface area contributed by atoms with E-state index in [9.17, 15) is 4.79 Å². The van der Waals surface area contributed by atoms with Gasteiger partial charge in [-0.1, -0.05) is 32.1 Å².